The Kier molecular flexibility index (Phi) is 5.56. The smallest absolute Gasteiger partial charge is 0.240 e. The number of sulfonamides is 1. The molecule has 1 aromatic heterocycles. The van der Waals surface area contributed by atoms with Crippen LogP contribution in [0.15, 0.2) is 83.9 Å². The highest BCUT2D eigenvalue weighted by Gasteiger charge is 2.15. The molecule has 4 nitrogen and oxygen atoms in total. The lowest BCUT2D eigenvalue weighted by molar-refractivity contribution is 0.581. The van der Waals surface area contributed by atoms with Gasteiger partial charge in [0, 0.05) is 33.7 Å². The van der Waals surface area contributed by atoms with Gasteiger partial charge in [0.15, 0.2) is 0 Å². The van der Waals surface area contributed by atoms with Crippen molar-refractivity contribution >= 4 is 44.1 Å². The zero-order valence-corrected chi connectivity index (χ0v) is 17.5. The quantitative estimate of drug-likeness (QED) is 0.431. The molecular weight excluding hydrogens is 427 g/mol. The first-order valence-electron chi connectivity index (χ1n) is 8.82. The molecule has 1 N–H and O–H groups in total. The Morgan fingerprint density at radius 1 is 0.897 bits per heavy atom. The molecule has 0 aliphatic rings. The van der Waals surface area contributed by atoms with Gasteiger partial charge in [-0.3, -0.25) is 4.98 Å². The highest BCUT2D eigenvalue weighted by Crippen LogP contribution is 2.31. The van der Waals surface area contributed by atoms with Crippen molar-refractivity contribution in [3.63, 3.8) is 0 Å². The standard InChI is InChI=1S/C22H16Cl2N2O2S/c23-17-7-10-21(24)20(13-17)15-5-8-18(9-6-15)29(27,28)26-14-16-11-12-25-22-4-2-1-3-19(16)22/h1-13,26H,14H2. The SMILES string of the molecule is O=S(=O)(NCc1ccnc2ccccc12)c1ccc(-c2cc(Cl)ccc2Cl)cc1. The van der Waals surface area contributed by atoms with Crippen LogP contribution in [-0.2, 0) is 16.6 Å². The predicted molar refractivity (Wildman–Crippen MR) is 118 cm³/mol. The van der Waals surface area contributed by atoms with E-state index in [4.69, 9.17) is 23.2 Å². The maximum atomic E-state index is 12.7. The van der Waals surface area contributed by atoms with Gasteiger partial charge in [0.1, 0.15) is 0 Å². The Morgan fingerprint density at radius 3 is 2.45 bits per heavy atom. The van der Waals surface area contributed by atoms with Gasteiger partial charge in [-0.2, -0.15) is 0 Å². The number of hydrogen-bond donors (Lipinski definition) is 1. The van der Waals surface area contributed by atoms with Crippen LogP contribution in [0.5, 0.6) is 0 Å². The van der Waals surface area contributed by atoms with E-state index in [9.17, 15) is 8.42 Å². The predicted octanol–water partition coefficient (Wildman–Crippen LogP) is 5.69. The van der Waals surface area contributed by atoms with Crippen LogP contribution in [0.25, 0.3) is 22.0 Å². The molecule has 0 atom stereocenters. The minimum absolute atomic E-state index is 0.174. The van der Waals surface area contributed by atoms with Crippen molar-refractivity contribution in [1.82, 2.24) is 9.71 Å². The molecule has 4 rings (SSSR count). The number of hydrogen-bond acceptors (Lipinski definition) is 3. The number of fused-ring (bicyclic) bond motifs is 1. The highest BCUT2D eigenvalue weighted by atomic mass is 35.5. The van der Waals surface area contributed by atoms with Crippen molar-refractivity contribution in [3.05, 3.63) is 94.6 Å². The third-order valence-corrected chi connectivity index (χ3v) is 6.58. The van der Waals surface area contributed by atoms with Crippen molar-refractivity contribution in [3.8, 4) is 11.1 Å². The van der Waals surface area contributed by atoms with Gasteiger partial charge in [-0.15, -0.1) is 0 Å². The van der Waals surface area contributed by atoms with Crippen molar-refractivity contribution in [2.45, 2.75) is 11.4 Å². The van der Waals surface area contributed by atoms with E-state index in [0.29, 0.717) is 10.0 Å². The van der Waals surface area contributed by atoms with Crippen molar-refractivity contribution in [1.29, 1.82) is 0 Å². The molecule has 7 heteroatoms. The number of pyridine rings is 1. The summed E-state index contributed by atoms with van der Waals surface area (Å²) < 4.78 is 28.1. The van der Waals surface area contributed by atoms with Crippen LogP contribution in [0, 0.1) is 0 Å². The maximum Gasteiger partial charge on any atom is 0.240 e. The molecule has 0 radical (unpaired) electrons. The minimum atomic E-state index is -3.67. The van der Waals surface area contributed by atoms with Crippen LogP contribution < -0.4 is 4.72 Å². The second-order valence-corrected chi connectivity index (χ2v) is 9.07. The lowest BCUT2D eigenvalue weighted by atomic mass is 10.1. The molecule has 0 amide bonds. The molecule has 0 aliphatic heterocycles. The van der Waals surface area contributed by atoms with Crippen molar-refractivity contribution in [2.75, 3.05) is 0 Å². The zero-order valence-electron chi connectivity index (χ0n) is 15.1. The minimum Gasteiger partial charge on any atom is -0.256 e. The summed E-state index contributed by atoms with van der Waals surface area (Å²) in [6, 6.07) is 21.2. The van der Waals surface area contributed by atoms with E-state index in [1.165, 1.54) is 0 Å². The lowest BCUT2D eigenvalue weighted by Gasteiger charge is -2.10. The van der Waals surface area contributed by atoms with Gasteiger partial charge in [-0.25, -0.2) is 13.1 Å². The molecule has 4 aromatic rings. The van der Waals surface area contributed by atoms with E-state index >= 15 is 0 Å². The number of nitrogens with zero attached hydrogens (tertiary/aromatic N) is 1. The first kappa shape index (κ1) is 19.9. The van der Waals surface area contributed by atoms with Crippen LogP contribution in [0.3, 0.4) is 0 Å². The molecule has 0 saturated heterocycles. The Labute approximate surface area is 179 Å². The van der Waals surface area contributed by atoms with Gasteiger partial charge < -0.3 is 0 Å². The third kappa shape index (κ3) is 4.28. The second kappa shape index (κ2) is 8.13. The molecule has 29 heavy (non-hydrogen) atoms. The van der Waals surface area contributed by atoms with Gasteiger partial charge in [-0.1, -0.05) is 53.5 Å². The summed E-state index contributed by atoms with van der Waals surface area (Å²) in [5.41, 5.74) is 3.23. The van der Waals surface area contributed by atoms with E-state index in [1.807, 2.05) is 30.3 Å². The number of para-hydroxylation sites is 1. The molecule has 0 spiro atoms. The first-order chi connectivity index (χ1) is 13.9. The monoisotopic (exact) mass is 442 g/mol. The Morgan fingerprint density at radius 2 is 1.66 bits per heavy atom. The van der Waals surface area contributed by atoms with E-state index in [2.05, 4.69) is 9.71 Å². The maximum absolute atomic E-state index is 12.7. The fourth-order valence-electron chi connectivity index (χ4n) is 3.10. The molecule has 146 valence electrons. The van der Waals surface area contributed by atoms with Gasteiger partial charge in [0.05, 0.1) is 10.4 Å². The van der Waals surface area contributed by atoms with Crippen molar-refractivity contribution in [2.24, 2.45) is 0 Å². The second-order valence-electron chi connectivity index (χ2n) is 6.46. The van der Waals surface area contributed by atoms with Crippen LogP contribution >= 0.6 is 23.2 Å². The van der Waals surface area contributed by atoms with E-state index in [0.717, 1.165) is 27.6 Å². The highest BCUT2D eigenvalue weighted by molar-refractivity contribution is 7.89. The summed E-state index contributed by atoms with van der Waals surface area (Å²) in [5.74, 6) is 0. The molecular formula is C22H16Cl2N2O2S. The molecule has 0 saturated carbocycles. The van der Waals surface area contributed by atoms with Crippen molar-refractivity contribution < 1.29 is 8.42 Å². The lowest BCUT2D eigenvalue weighted by Crippen LogP contribution is -2.23. The average molecular weight is 443 g/mol. The van der Waals surface area contributed by atoms with E-state index in [1.54, 1.807) is 48.7 Å². The summed E-state index contributed by atoms with van der Waals surface area (Å²) in [6.45, 7) is 0.174. The van der Waals surface area contributed by atoms with Crippen LogP contribution in [-0.4, -0.2) is 13.4 Å². The van der Waals surface area contributed by atoms with Crippen LogP contribution in [0.1, 0.15) is 5.56 Å². The number of benzene rings is 3. The average Bonchev–Trinajstić information content (AvgIpc) is 2.74. The largest absolute Gasteiger partial charge is 0.256 e. The number of aromatic nitrogens is 1. The molecule has 0 fully saturated rings. The Balaban J connectivity index is 1.57. The fraction of sp³-hybridized carbons (Fsp3) is 0.0455. The number of halogens is 2. The number of rotatable bonds is 5. The summed E-state index contributed by atoms with van der Waals surface area (Å²) in [6.07, 6.45) is 1.68. The normalized spacial score (nSPS) is 11.7. The molecule has 0 aliphatic carbocycles. The summed E-state index contributed by atoms with van der Waals surface area (Å²) >= 11 is 12.3. The topological polar surface area (TPSA) is 59.1 Å². The van der Waals surface area contributed by atoms with Gasteiger partial charge in [-0.05, 0) is 53.6 Å². The number of nitrogens with one attached hydrogen (secondary N) is 1. The molecule has 3 aromatic carbocycles. The molecule has 1 heterocycles. The van der Waals surface area contributed by atoms with Crippen LogP contribution in [0.4, 0.5) is 0 Å². The van der Waals surface area contributed by atoms with Crippen LogP contribution in [0.2, 0.25) is 10.0 Å². The Bertz CT molecular complexity index is 1280. The molecule has 0 unspecified atom stereocenters. The fourth-order valence-corrected chi connectivity index (χ4v) is 4.50. The van der Waals surface area contributed by atoms with E-state index < -0.39 is 10.0 Å². The summed E-state index contributed by atoms with van der Waals surface area (Å²) in [4.78, 5) is 4.48. The Hall–Kier alpha value is -2.44. The summed E-state index contributed by atoms with van der Waals surface area (Å²) in [5, 5.41) is 2.03. The first-order valence-corrected chi connectivity index (χ1v) is 11.1. The van der Waals surface area contributed by atoms with Gasteiger partial charge in [0.25, 0.3) is 0 Å². The summed E-state index contributed by atoms with van der Waals surface area (Å²) in [7, 11) is -3.67. The third-order valence-electron chi connectivity index (χ3n) is 4.60. The molecule has 0 bridgehead atoms. The van der Waals surface area contributed by atoms with Gasteiger partial charge >= 0.3 is 0 Å². The van der Waals surface area contributed by atoms with Gasteiger partial charge in [0.2, 0.25) is 10.0 Å². The zero-order chi connectivity index (χ0) is 20.4. The van der Waals surface area contributed by atoms with E-state index in [-0.39, 0.29) is 11.4 Å².